The van der Waals surface area contributed by atoms with Crippen molar-refractivity contribution in [1.29, 1.82) is 0 Å². The summed E-state index contributed by atoms with van der Waals surface area (Å²) in [6, 6.07) is 7.53. The third kappa shape index (κ3) is 5.78. The smallest absolute Gasteiger partial charge is 0.226 e. The fourth-order valence-electron chi connectivity index (χ4n) is 3.27. The molecule has 0 aliphatic heterocycles. The molecule has 0 atom stereocenters. The van der Waals surface area contributed by atoms with Gasteiger partial charge in [0, 0.05) is 30.0 Å². The van der Waals surface area contributed by atoms with Crippen molar-refractivity contribution in [2.45, 2.75) is 38.5 Å². The quantitative estimate of drug-likeness (QED) is 0.688. The maximum Gasteiger partial charge on any atom is 0.226 e. The van der Waals surface area contributed by atoms with Crippen molar-refractivity contribution in [2.24, 2.45) is 5.92 Å². The molecule has 2 amide bonds. The van der Waals surface area contributed by atoms with E-state index >= 15 is 0 Å². The van der Waals surface area contributed by atoms with Crippen LogP contribution in [-0.4, -0.2) is 29.9 Å². The topological polar surface area (TPSA) is 71.1 Å². The lowest BCUT2D eigenvalue weighted by Gasteiger charge is -2.20. The van der Waals surface area contributed by atoms with Crippen molar-refractivity contribution in [3.05, 3.63) is 40.4 Å². The zero-order valence-electron chi connectivity index (χ0n) is 15.2. The second-order valence-corrected chi connectivity index (χ2v) is 8.04. The van der Waals surface area contributed by atoms with E-state index in [0.29, 0.717) is 18.1 Å². The molecule has 2 aromatic rings. The van der Waals surface area contributed by atoms with Crippen LogP contribution in [0.3, 0.4) is 0 Å². The van der Waals surface area contributed by atoms with Gasteiger partial charge in [0.15, 0.2) is 0 Å². The van der Waals surface area contributed by atoms with Crippen molar-refractivity contribution in [3.8, 4) is 10.6 Å². The number of hydrogen-bond donors (Lipinski definition) is 2. The average molecular weight is 406 g/mol. The highest BCUT2D eigenvalue weighted by Crippen LogP contribution is 2.30. The molecule has 3 rings (SSSR count). The van der Waals surface area contributed by atoms with E-state index in [0.717, 1.165) is 41.9 Å². The average Bonchev–Trinajstić information content (AvgIpc) is 3.14. The second-order valence-electron chi connectivity index (χ2n) is 6.78. The minimum absolute atomic E-state index is 0.0991. The van der Waals surface area contributed by atoms with Gasteiger partial charge in [-0.25, -0.2) is 4.98 Å². The normalized spacial score (nSPS) is 14.7. The molecule has 7 heteroatoms. The molecule has 1 aromatic carbocycles. The molecule has 0 spiro atoms. The van der Waals surface area contributed by atoms with Gasteiger partial charge >= 0.3 is 0 Å². The third-order valence-electron chi connectivity index (χ3n) is 4.72. The summed E-state index contributed by atoms with van der Waals surface area (Å²) in [5.41, 5.74) is 1.60. The molecule has 27 heavy (non-hydrogen) atoms. The lowest BCUT2D eigenvalue weighted by atomic mass is 9.89. The largest absolute Gasteiger partial charge is 0.354 e. The highest BCUT2D eigenvalue weighted by atomic mass is 35.5. The van der Waals surface area contributed by atoms with E-state index < -0.39 is 0 Å². The number of rotatable bonds is 7. The number of amides is 2. The summed E-state index contributed by atoms with van der Waals surface area (Å²) >= 11 is 7.67. The first-order valence-corrected chi connectivity index (χ1v) is 10.6. The van der Waals surface area contributed by atoms with Crippen LogP contribution in [0.5, 0.6) is 0 Å². The predicted octanol–water partition coefficient (Wildman–Crippen LogP) is 3.82. The third-order valence-corrected chi connectivity index (χ3v) is 5.97. The number of hydrogen-bond acceptors (Lipinski definition) is 4. The van der Waals surface area contributed by atoms with Gasteiger partial charge < -0.3 is 10.6 Å². The Labute approximate surface area is 168 Å². The lowest BCUT2D eigenvalue weighted by molar-refractivity contribution is -0.126. The Morgan fingerprint density at radius 3 is 2.63 bits per heavy atom. The van der Waals surface area contributed by atoms with Gasteiger partial charge in [-0.15, -0.1) is 11.3 Å². The number of nitrogens with one attached hydrogen (secondary N) is 2. The standard InChI is InChI=1S/C20H24ClN3O2S/c21-17-9-5-4-8-16(17)20-24-15(13-27-20)12-18(25)22-10-11-23-19(26)14-6-2-1-3-7-14/h4-5,8-9,13-14H,1-3,6-7,10-12H2,(H,22,25)(H,23,26). The molecule has 1 aromatic heterocycles. The highest BCUT2D eigenvalue weighted by molar-refractivity contribution is 7.13. The van der Waals surface area contributed by atoms with Crippen LogP contribution in [0, 0.1) is 5.92 Å². The molecular weight excluding hydrogens is 382 g/mol. The summed E-state index contributed by atoms with van der Waals surface area (Å²) in [4.78, 5) is 28.6. The van der Waals surface area contributed by atoms with E-state index in [9.17, 15) is 9.59 Å². The molecule has 0 unspecified atom stereocenters. The van der Waals surface area contributed by atoms with Crippen LogP contribution in [0.2, 0.25) is 5.02 Å². The number of benzene rings is 1. The van der Waals surface area contributed by atoms with Crippen LogP contribution < -0.4 is 10.6 Å². The van der Waals surface area contributed by atoms with Crippen LogP contribution >= 0.6 is 22.9 Å². The fraction of sp³-hybridized carbons (Fsp3) is 0.450. The number of halogens is 1. The number of aromatic nitrogens is 1. The van der Waals surface area contributed by atoms with Gasteiger partial charge in [0.05, 0.1) is 17.1 Å². The molecular formula is C20H24ClN3O2S. The first kappa shape index (κ1) is 19.8. The molecule has 0 radical (unpaired) electrons. The molecule has 2 N–H and O–H groups in total. The van der Waals surface area contributed by atoms with E-state index in [2.05, 4.69) is 15.6 Å². The van der Waals surface area contributed by atoms with Gasteiger partial charge in [-0.2, -0.15) is 0 Å². The van der Waals surface area contributed by atoms with Gasteiger partial charge in [-0.05, 0) is 18.9 Å². The van der Waals surface area contributed by atoms with E-state index in [1.807, 2.05) is 29.6 Å². The first-order valence-electron chi connectivity index (χ1n) is 9.37. The van der Waals surface area contributed by atoms with Crippen LogP contribution in [-0.2, 0) is 16.0 Å². The minimum atomic E-state index is -0.0991. The van der Waals surface area contributed by atoms with Crippen molar-refractivity contribution >= 4 is 34.8 Å². The molecule has 0 bridgehead atoms. The zero-order valence-corrected chi connectivity index (χ0v) is 16.7. The number of thiazole rings is 1. The van der Waals surface area contributed by atoms with Crippen LogP contribution in [0.4, 0.5) is 0 Å². The molecule has 1 fully saturated rings. The van der Waals surface area contributed by atoms with Gasteiger partial charge in [-0.1, -0.05) is 49.1 Å². The Bertz CT molecular complexity index is 787. The summed E-state index contributed by atoms with van der Waals surface area (Å²) in [7, 11) is 0. The van der Waals surface area contributed by atoms with Crippen LogP contribution in [0.15, 0.2) is 29.6 Å². The predicted molar refractivity (Wildman–Crippen MR) is 109 cm³/mol. The molecule has 144 valence electrons. The summed E-state index contributed by atoms with van der Waals surface area (Å²) in [6.07, 6.45) is 5.69. The molecule has 5 nitrogen and oxygen atoms in total. The van der Waals surface area contributed by atoms with E-state index in [1.165, 1.54) is 17.8 Å². The zero-order chi connectivity index (χ0) is 19.1. The van der Waals surface area contributed by atoms with Gasteiger partial charge in [0.25, 0.3) is 0 Å². The Hall–Kier alpha value is -1.92. The monoisotopic (exact) mass is 405 g/mol. The van der Waals surface area contributed by atoms with Gasteiger partial charge in [0.2, 0.25) is 11.8 Å². The maximum absolute atomic E-state index is 12.1. The van der Waals surface area contributed by atoms with Crippen LogP contribution in [0.25, 0.3) is 10.6 Å². The molecule has 1 aliphatic carbocycles. The molecule has 1 heterocycles. The van der Waals surface area contributed by atoms with Gasteiger partial charge in [-0.3, -0.25) is 9.59 Å². The Balaban J connectivity index is 1.40. The van der Waals surface area contributed by atoms with Crippen LogP contribution in [0.1, 0.15) is 37.8 Å². The van der Waals surface area contributed by atoms with Crippen molar-refractivity contribution in [1.82, 2.24) is 15.6 Å². The summed E-state index contributed by atoms with van der Waals surface area (Å²) in [5.74, 6) is 0.165. The minimum Gasteiger partial charge on any atom is -0.354 e. The van der Waals surface area contributed by atoms with Crippen molar-refractivity contribution in [3.63, 3.8) is 0 Å². The Kier molecular flexibility index (Phi) is 7.24. The van der Waals surface area contributed by atoms with E-state index in [-0.39, 0.29) is 24.2 Å². The maximum atomic E-state index is 12.1. The first-order chi connectivity index (χ1) is 13.1. The van der Waals surface area contributed by atoms with E-state index in [1.54, 1.807) is 0 Å². The highest BCUT2D eigenvalue weighted by Gasteiger charge is 2.20. The molecule has 0 saturated heterocycles. The lowest BCUT2D eigenvalue weighted by Crippen LogP contribution is -2.38. The Morgan fingerprint density at radius 1 is 1.11 bits per heavy atom. The molecule has 1 aliphatic rings. The van der Waals surface area contributed by atoms with Crippen molar-refractivity contribution in [2.75, 3.05) is 13.1 Å². The number of nitrogens with zero attached hydrogens (tertiary/aromatic N) is 1. The molecule has 1 saturated carbocycles. The SMILES string of the molecule is O=C(Cc1csc(-c2ccccc2Cl)n1)NCCNC(=O)C1CCCCC1. The summed E-state index contributed by atoms with van der Waals surface area (Å²) < 4.78 is 0. The number of carbonyl (C=O) groups excluding carboxylic acids is 2. The van der Waals surface area contributed by atoms with Crippen molar-refractivity contribution < 1.29 is 9.59 Å². The second kappa shape index (κ2) is 9.85. The number of carbonyl (C=O) groups is 2. The summed E-state index contributed by atoms with van der Waals surface area (Å²) in [6.45, 7) is 0.891. The Morgan fingerprint density at radius 2 is 1.85 bits per heavy atom. The fourth-order valence-corrected chi connectivity index (χ4v) is 4.41. The summed E-state index contributed by atoms with van der Waals surface area (Å²) in [5, 5.41) is 9.09. The van der Waals surface area contributed by atoms with Gasteiger partial charge in [0.1, 0.15) is 5.01 Å². The van der Waals surface area contributed by atoms with E-state index in [4.69, 9.17) is 11.6 Å².